The van der Waals surface area contributed by atoms with E-state index >= 15 is 0 Å². The van der Waals surface area contributed by atoms with Crippen LogP contribution >= 0.6 is 11.6 Å². The second kappa shape index (κ2) is 8.82. The second-order valence-electron chi connectivity index (χ2n) is 6.52. The minimum atomic E-state index is -1.23. The lowest BCUT2D eigenvalue weighted by molar-refractivity contribution is -0.182. The van der Waals surface area contributed by atoms with Crippen molar-refractivity contribution in [2.24, 2.45) is 0 Å². The first-order valence-corrected chi connectivity index (χ1v) is 9.28. The van der Waals surface area contributed by atoms with Gasteiger partial charge in [-0.1, -0.05) is 18.5 Å². The van der Waals surface area contributed by atoms with Gasteiger partial charge in [-0.2, -0.15) is 10.3 Å². The molecule has 0 amide bonds. The van der Waals surface area contributed by atoms with Crippen LogP contribution in [0.3, 0.4) is 0 Å². The monoisotopic (exact) mass is 409 g/mol. The van der Waals surface area contributed by atoms with E-state index in [9.17, 15) is 13.2 Å². The quantitative estimate of drug-likeness (QED) is 0.673. The molecule has 28 heavy (non-hydrogen) atoms. The summed E-state index contributed by atoms with van der Waals surface area (Å²) in [4.78, 5) is 7.40. The van der Waals surface area contributed by atoms with Gasteiger partial charge in [-0.15, -0.1) is 0 Å². The summed E-state index contributed by atoms with van der Waals surface area (Å²) in [5.74, 6) is -3.14. The molecule has 2 aromatic rings. The smallest absolute Gasteiger partial charge is 0.164 e. The van der Waals surface area contributed by atoms with Crippen molar-refractivity contribution in [3.8, 4) is 6.07 Å². The van der Waals surface area contributed by atoms with Gasteiger partial charge < -0.3 is 4.90 Å². The highest BCUT2D eigenvalue weighted by molar-refractivity contribution is 6.32. The Hall–Kier alpha value is -2.27. The lowest BCUT2D eigenvalue weighted by Gasteiger charge is -2.40. The van der Waals surface area contributed by atoms with E-state index in [1.165, 1.54) is 0 Å². The predicted octanol–water partition coefficient (Wildman–Crippen LogP) is 4.66. The van der Waals surface area contributed by atoms with E-state index in [1.807, 2.05) is 17.9 Å². The number of hydrogen-bond acceptors (Lipinski definition) is 4. The maximum Gasteiger partial charge on any atom is 0.164 e. The zero-order valence-electron chi connectivity index (χ0n) is 15.3. The molecule has 0 N–H and O–H groups in total. The number of benzene rings is 2. The van der Waals surface area contributed by atoms with E-state index in [2.05, 4.69) is 0 Å². The molecular weight excluding hydrogens is 391 g/mol. The standard InChI is InChI=1S/C20H19ClF3N3O/c1-2-26-12-17(5-6-28-26)27(16-4-3-13(10-25)18(21)9-16)11-14-7-15(22)8-19(23)20(14)24/h3-4,7-9,17H,2,5-6,11-12H2,1H3/t17-/m0/s1. The third kappa shape index (κ3) is 4.41. The fourth-order valence-electron chi connectivity index (χ4n) is 3.28. The topological polar surface area (TPSA) is 39.5 Å². The molecule has 4 nitrogen and oxygen atoms in total. The number of rotatable bonds is 5. The molecule has 1 aliphatic rings. The van der Waals surface area contributed by atoms with Crippen LogP contribution < -0.4 is 4.90 Å². The predicted molar refractivity (Wildman–Crippen MR) is 100 cm³/mol. The number of hydroxylamine groups is 2. The van der Waals surface area contributed by atoms with Gasteiger partial charge >= 0.3 is 0 Å². The van der Waals surface area contributed by atoms with Gasteiger partial charge in [0.05, 0.1) is 17.2 Å². The molecule has 0 saturated carbocycles. The molecule has 0 unspecified atom stereocenters. The minimum absolute atomic E-state index is 0.0506. The van der Waals surface area contributed by atoms with Crippen molar-refractivity contribution < 1.29 is 18.0 Å². The molecule has 0 aromatic heterocycles. The normalized spacial score (nSPS) is 17.4. The number of likely N-dealkylation sites (N-methyl/N-ethyl adjacent to an activating group) is 1. The number of halogens is 4. The average Bonchev–Trinajstić information content (AvgIpc) is 2.69. The molecule has 1 fully saturated rings. The van der Waals surface area contributed by atoms with Gasteiger partial charge in [-0.25, -0.2) is 13.2 Å². The van der Waals surface area contributed by atoms with Crippen molar-refractivity contribution in [2.45, 2.75) is 25.9 Å². The summed E-state index contributed by atoms with van der Waals surface area (Å²) in [6.07, 6.45) is 0.646. The van der Waals surface area contributed by atoms with Gasteiger partial charge in [0.1, 0.15) is 11.9 Å². The third-order valence-corrected chi connectivity index (χ3v) is 5.06. The molecule has 0 radical (unpaired) electrons. The number of hydrogen-bond donors (Lipinski definition) is 0. The number of nitriles is 1. The Morgan fingerprint density at radius 2 is 2.07 bits per heavy atom. The average molecular weight is 410 g/mol. The Kier molecular flexibility index (Phi) is 6.45. The first kappa shape index (κ1) is 20.5. The second-order valence-corrected chi connectivity index (χ2v) is 6.93. The van der Waals surface area contributed by atoms with Gasteiger partial charge in [-0.3, -0.25) is 4.84 Å². The molecule has 8 heteroatoms. The van der Waals surface area contributed by atoms with Gasteiger partial charge in [0.2, 0.25) is 0 Å². The molecule has 1 saturated heterocycles. The van der Waals surface area contributed by atoms with Crippen molar-refractivity contribution in [1.29, 1.82) is 5.26 Å². The van der Waals surface area contributed by atoms with Crippen LogP contribution in [0.15, 0.2) is 30.3 Å². The zero-order chi connectivity index (χ0) is 20.3. The zero-order valence-corrected chi connectivity index (χ0v) is 16.0. The van der Waals surface area contributed by atoms with Crippen LogP contribution in [0, 0.1) is 28.8 Å². The molecule has 148 valence electrons. The van der Waals surface area contributed by atoms with Crippen LogP contribution in [0.4, 0.5) is 18.9 Å². The van der Waals surface area contributed by atoms with Gasteiger partial charge in [0.25, 0.3) is 0 Å². The number of anilines is 1. The summed E-state index contributed by atoms with van der Waals surface area (Å²) in [5, 5.41) is 11.1. The summed E-state index contributed by atoms with van der Waals surface area (Å²) in [5.41, 5.74) is 0.860. The van der Waals surface area contributed by atoms with Crippen LogP contribution in [-0.2, 0) is 11.4 Å². The van der Waals surface area contributed by atoms with E-state index in [1.54, 1.807) is 23.3 Å². The maximum absolute atomic E-state index is 14.3. The van der Waals surface area contributed by atoms with Crippen molar-refractivity contribution in [2.75, 3.05) is 24.6 Å². The van der Waals surface area contributed by atoms with Gasteiger partial charge in [0.15, 0.2) is 11.6 Å². The highest BCUT2D eigenvalue weighted by Crippen LogP contribution is 2.29. The van der Waals surface area contributed by atoms with E-state index in [-0.39, 0.29) is 23.2 Å². The summed E-state index contributed by atoms with van der Waals surface area (Å²) in [6, 6.07) is 8.30. The highest BCUT2D eigenvalue weighted by Gasteiger charge is 2.27. The Bertz CT molecular complexity index is 903. The Balaban J connectivity index is 2.00. The molecule has 2 aromatic carbocycles. The van der Waals surface area contributed by atoms with Gasteiger partial charge in [0, 0.05) is 43.0 Å². The van der Waals surface area contributed by atoms with E-state index in [0.717, 1.165) is 6.07 Å². The first-order chi connectivity index (χ1) is 13.4. The van der Waals surface area contributed by atoms with Crippen molar-refractivity contribution in [3.05, 3.63) is 63.9 Å². The fraction of sp³-hybridized carbons (Fsp3) is 0.350. The first-order valence-electron chi connectivity index (χ1n) is 8.90. The van der Waals surface area contributed by atoms with Crippen LogP contribution in [0.25, 0.3) is 0 Å². The molecule has 0 aliphatic carbocycles. The van der Waals surface area contributed by atoms with Crippen molar-refractivity contribution >= 4 is 17.3 Å². The summed E-state index contributed by atoms with van der Waals surface area (Å²) >= 11 is 6.17. The Morgan fingerprint density at radius 3 is 2.75 bits per heavy atom. The molecule has 1 atom stereocenters. The van der Waals surface area contributed by atoms with Crippen molar-refractivity contribution in [1.82, 2.24) is 5.06 Å². The Labute approximate surface area is 166 Å². The van der Waals surface area contributed by atoms with Crippen LogP contribution in [-0.4, -0.2) is 30.8 Å². The summed E-state index contributed by atoms with van der Waals surface area (Å²) in [7, 11) is 0. The van der Waals surface area contributed by atoms with Crippen molar-refractivity contribution in [3.63, 3.8) is 0 Å². The SMILES string of the molecule is CCN1C[C@@H](N(Cc2cc(F)cc(F)c2F)c2ccc(C#N)c(Cl)c2)CCO1. The highest BCUT2D eigenvalue weighted by atomic mass is 35.5. The van der Waals surface area contributed by atoms with E-state index in [0.29, 0.717) is 43.4 Å². The Morgan fingerprint density at radius 1 is 1.29 bits per heavy atom. The molecule has 0 spiro atoms. The van der Waals surface area contributed by atoms with Crippen LogP contribution in [0.5, 0.6) is 0 Å². The van der Waals surface area contributed by atoms with E-state index in [4.69, 9.17) is 21.7 Å². The third-order valence-electron chi connectivity index (χ3n) is 4.75. The largest absolute Gasteiger partial charge is 0.363 e. The lowest BCUT2D eigenvalue weighted by Crippen LogP contribution is -2.48. The van der Waals surface area contributed by atoms with E-state index < -0.39 is 17.5 Å². The molecule has 0 bridgehead atoms. The van der Waals surface area contributed by atoms with Crippen LogP contribution in [0.1, 0.15) is 24.5 Å². The number of nitrogens with zero attached hydrogens (tertiary/aromatic N) is 3. The van der Waals surface area contributed by atoms with Gasteiger partial charge in [-0.05, 0) is 30.7 Å². The minimum Gasteiger partial charge on any atom is -0.363 e. The fourth-order valence-corrected chi connectivity index (χ4v) is 3.50. The molecule has 3 rings (SSSR count). The maximum atomic E-state index is 14.3. The molecule has 1 aliphatic heterocycles. The molecule has 1 heterocycles. The lowest BCUT2D eigenvalue weighted by atomic mass is 10.1. The summed E-state index contributed by atoms with van der Waals surface area (Å²) < 4.78 is 41.7. The summed E-state index contributed by atoms with van der Waals surface area (Å²) in [6.45, 7) is 3.58. The molecular formula is C20H19ClF3N3O. The van der Waals surface area contributed by atoms with Crippen LogP contribution in [0.2, 0.25) is 5.02 Å².